The molecule has 41 heavy (non-hydrogen) atoms. The molecule has 0 unspecified atom stereocenters. The van der Waals surface area contributed by atoms with E-state index in [1.165, 1.54) is 15.9 Å². The Labute approximate surface area is 258 Å². The zero-order valence-electron chi connectivity index (χ0n) is 23.3. The summed E-state index contributed by atoms with van der Waals surface area (Å²) in [7, 11) is 1.55. The molecule has 2 aromatic carbocycles. The minimum atomic E-state index is -0.791. The highest BCUT2D eigenvalue weighted by Crippen LogP contribution is 2.37. The second kappa shape index (κ2) is 13.2. The topological polar surface area (TPSA) is 88.3 Å². The van der Waals surface area contributed by atoms with Gasteiger partial charge in [-0.25, -0.2) is 9.79 Å². The molecule has 3 aromatic rings. The van der Waals surface area contributed by atoms with Gasteiger partial charge >= 0.3 is 5.97 Å². The molecule has 0 aliphatic carbocycles. The number of nitrogens with zero attached hydrogens (tertiary/aromatic N) is 2. The van der Waals surface area contributed by atoms with E-state index in [2.05, 4.69) is 43.4 Å². The summed E-state index contributed by atoms with van der Waals surface area (Å²) in [6.45, 7) is 11.5. The van der Waals surface area contributed by atoms with Gasteiger partial charge in [0.2, 0.25) is 0 Å². The van der Waals surface area contributed by atoms with Gasteiger partial charge in [-0.2, -0.15) is 0 Å². The number of hydrogen-bond donors (Lipinski definition) is 0. The van der Waals surface area contributed by atoms with Gasteiger partial charge in [-0.1, -0.05) is 46.0 Å². The SMILES string of the molecule is C=CCOc1c(Br)cc(Br)cc1/C=c1/sc2n(c1=O)[C@@H](c1ccc(OC(C)C)c(OC)c1)C(C(=O)OCC)=C(C)N=2. The number of thiazole rings is 1. The van der Waals surface area contributed by atoms with Crippen molar-refractivity contribution >= 4 is 55.2 Å². The minimum Gasteiger partial charge on any atom is -0.493 e. The second-order valence-corrected chi connectivity index (χ2v) is 12.1. The first kappa shape index (κ1) is 30.8. The monoisotopic (exact) mass is 704 g/mol. The van der Waals surface area contributed by atoms with Gasteiger partial charge in [0.05, 0.1) is 46.1 Å². The molecule has 0 amide bonds. The molecule has 11 heteroatoms. The number of fused-ring (bicyclic) bond motifs is 1. The number of esters is 1. The van der Waals surface area contributed by atoms with Gasteiger partial charge in [0.1, 0.15) is 12.4 Å². The summed E-state index contributed by atoms with van der Waals surface area (Å²) in [6, 6.07) is 8.33. The molecule has 1 aromatic heterocycles. The fourth-order valence-corrected chi connectivity index (χ4v) is 6.85. The minimum absolute atomic E-state index is 0.0666. The molecule has 0 saturated heterocycles. The van der Waals surface area contributed by atoms with Gasteiger partial charge in [-0.05, 0) is 79.5 Å². The van der Waals surface area contributed by atoms with Crippen LogP contribution in [0.25, 0.3) is 6.08 Å². The molecular formula is C30H30Br2N2O6S. The predicted octanol–water partition coefficient (Wildman–Crippen LogP) is 5.68. The first-order valence-electron chi connectivity index (χ1n) is 12.9. The van der Waals surface area contributed by atoms with E-state index in [-0.39, 0.29) is 23.8 Å². The fraction of sp³-hybridized carbons (Fsp3) is 0.300. The molecule has 0 radical (unpaired) electrons. The van der Waals surface area contributed by atoms with Crippen LogP contribution in [0.15, 0.2) is 73.0 Å². The lowest BCUT2D eigenvalue weighted by Gasteiger charge is -2.25. The van der Waals surface area contributed by atoms with Crippen LogP contribution in [0.4, 0.5) is 0 Å². The normalized spacial score (nSPS) is 14.9. The molecule has 0 bridgehead atoms. The van der Waals surface area contributed by atoms with Crippen molar-refractivity contribution in [2.45, 2.75) is 39.8 Å². The smallest absolute Gasteiger partial charge is 0.338 e. The molecule has 1 atom stereocenters. The predicted molar refractivity (Wildman–Crippen MR) is 167 cm³/mol. The van der Waals surface area contributed by atoms with Crippen molar-refractivity contribution in [1.82, 2.24) is 4.57 Å². The van der Waals surface area contributed by atoms with Gasteiger partial charge in [0.15, 0.2) is 16.3 Å². The molecule has 0 N–H and O–H groups in total. The lowest BCUT2D eigenvalue weighted by molar-refractivity contribution is -0.139. The van der Waals surface area contributed by atoms with E-state index in [9.17, 15) is 9.59 Å². The zero-order chi connectivity index (χ0) is 29.8. The number of rotatable bonds is 10. The number of carbonyl (C=O) groups is 1. The summed E-state index contributed by atoms with van der Waals surface area (Å²) < 4.78 is 26.3. The Balaban J connectivity index is 1.97. The van der Waals surface area contributed by atoms with Crippen LogP contribution in [-0.4, -0.2) is 37.0 Å². The highest BCUT2D eigenvalue weighted by atomic mass is 79.9. The third-order valence-electron chi connectivity index (χ3n) is 6.05. The number of aromatic nitrogens is 1. The first-order chi connectivity index (χ1) is 19.6. The van der Waals surface area contributed by atoms with E-state index in [1.807, 2.05) is 32.0 Å². The Hall–Kier alpha value is -3.15. The molecular weight excluding hydrogens is 676 g/mol. The number of hydrogen-bond acceptors (Lipinski definition) is 8. The fourth-order valence-electron chi connectivity index (χ4n) is 4.44. The van der Waals surface area contributed by atoms with E-state index in [0.29, 0.717) is 50.0 Å². The first-order valence-corrected chi connectivity index (χ1v) is 15.3. The number of ether oxygens (including phenoxy) is 4. The van der Waals surface area contributed by atoms with E-state index in [0.717, 1.165) is 8.95 Å². The molecule has 1 aliphatic heterocycles. The number of halogens is 2. The quantitative estimate of drug-likeness (QED) is 0.199. The van der Waals surface area contributed by atoms with Crippen molar-refractivity contribution in [2.75, 3.05) is 20.3 Å². The summed E-state index contributed by atoms with van der Waals surface area (Å²) in [5, 5.41) is 0. The van der Waals surface area contributed by atoms with Crippen LogP contribution in [0.3, 0.4) is 0 Å². The van der Waals surface area contributed by atoms with Crippen LogP contribution in [-0.2, 0) is 9.53 Å². The summed E-state index contributed by atoms with van der Waals surface area (Å²) in [4.78, 5) is 32.4. The molecule has 2 heterocycles. The average Bonchev–Trinajstić information content (AvgIpc) is 3.21. The number of carbonyl (C=O) groups excluding carboxylic acids is 1. The maximum Gasteiger partial charge on any atom is 0.338 e. The van der Waals surface area contributed by atoms with E-state index >= 15 is 0 Å². The third-order valence-corrected chi connectivity index (χ3v) is 8.08. The number of allylic oxidation sites excluding steroid dienone is 1. The molecule has 1 aliphatic rings. The standard InChI is InChI=1S/C30H30Br2N2O6S/c1-7-11-39-27-19(12-20(31)15-21(27)32)14-24-28(35)34-26(18-9-10-22(40-16(3)4)23(13-18)37-6)25(29(36)38-8-2)17(5)33-30(34)41-24/h7,9-10,12-16,26H,1,8,11H2,2-6H3/b24-14+/t26-/m0/s1. The Morgan fingerprint density at radius 1 is 1.22 bits per heavy atom. The van der Waals surface area contributed by atoms with Gasteiger partial charge < -0.3 is 18.9 Å². The van der Waals surface area contributed by atoms with Crippen molar-refractivity contribution in [3.05, 3.63) is 94.0 Å². The summed E-state index contributed by atoms with van der Waals surface area (Å²) >= 11 is 8.30. The lowest BCUT2D eigenvalue weighted by Crippen LogP contribution is -2.40. The highest BCUT2D eigenvalue weighted by Gasteiger charge is 2.34. The summed E-state index contributed by atoms with van der Waals surface area (Å²) in [6.07, 6.45) is 3.35. The van der Waals surface area contributed by atoms with E-state index in [1.54, 1.807) is 45.2 Å². The van der Waals surface area contributed by atoms with Crippen LogP contribution in [0.2, 0.25) is 0 Å². The van der Waals surface area contributed by atoms with Crippen molar-refractivity contribution in [1.29, 1.82) is 0 Å². The number of methoxy groups -OCH3 is 1. The van der Waals surface area contributed by atoms with Crippen LogP contribution in [0.5, 0.6) is 17.2 Å². The Kier molecular flexibility index (Phi) is 9.93. The molecule has 4 rings (SSSR count). The zero-order valence-corrected chi connectivity index (χ0v) is 27.3. The molecule has 216 valence electrons. The summed E-state index contributed by atoms with van der Waals surface area (Å²) in [5.41, 5.74) is 1.80. The van der Waals surface area contributed by atoms with Crippen LogP contribution < -0.4 is 29.1 Å². The van der Waals surface area contributed by atoms with Gasteiger partial charge in [0.25, 0.3) is 5.56 Å². The van der Waals surface area contributed by atoms with Crippen molar-refractivity contribution in [3.63, 3.8) is 0 Å². The Bertz CT molecular complexity index is 1710. The molecule has 0 spiro atoms. The number of benzene rings is 2. The van der Waals surface area contributed by atoms with Crippen molar-refractivity contribution in [2.24, 2.45) is 4.99 Å². The maximum atomic E-state index is 14.1. The van der Waals surface area contributed by atoms with E-state index < -0.39 is 12.0 Å². The van der Waals surface area contributed by atoms with Crippen molar-refractivity contribution in [3.8, 4) is 17.2 Å². The maximum absolute atomic E-state index is 14.1. The average molecular weight is 706 g/mol. The van der Waals surface area contributed by atoms with Crippen molar-refractivity contribution < 1.29 is 23.7 Å². The molecule has 0 saturated carbocycles. The van der Waals surface area contributed by atoms with Gasteiger partial charge in [-0.15, -0.1) is 0 Å². The molecule has 0 fully saturated rings. The highest BCUT2D eigenvalue weighted by molar-refractivity contribution is 9.11. The lowest BCUT2D eigenvalue weighted by atomic mass is 9.95. The van der Waals surface area contributed by atoms with Crippen LogP contribution >= 0.6 is 43.2 Å². The van der Waals surface area contributed by atoms with Crippen LogP contribution in [0.1, 0.15) is 44.9 Å². The second-order valence-electron chi connectivity index (χ2n) is 9.28. The van der Waals surface area contributed by atoms with Crippen LogP contribution in [0, 0.1) is 0 Å². The Morgan fingerprint density at radius 3 is 2.63 bits per heavy atom. The Morgan fingerprint density at radius 2 is 1.98 bits per heavy atom. The largest absolute Gasteiger partial charge is 0.493 e. The van der Waals surface area contributed by atoms with Gasteiger partial charge in [0, 0.05) is 10.0 Å². The van der Waals surface area contributed by atoms with E-state index in [4.69, 9.17) is 18.9 Å². The van der Waals surface area contributed by atoms with Gasteiger partial charge in [-0.3, -0.25) is 9.36 Å². The molecule has 8 nitrogen and oxygen atoms in total. The summed E-state index contributed by atoms with van der Waals surface area (Å²) in [5.74, 6) is 1.08. The third kappa shape index (κ3) is 6.52.